The average molecular weight is 181 g/mol. The number of hydrogen-bond acceptors (Lipinski definition) is 3. The van der Waals surface area contributed by atoms with Gasteiger partial charge in [-0.25, -0.2) is 5.14 Å². The first-order valence-corrected chi connectivity index (χ1v) is 4.89. The van der Waals surface area contributed by atoms with Crippen LogP contribution in [0, 0.1) is 0 Å². The Labute approximate surface area is 67.3 Å². The van der Waals surface area contributed by atoms with Crippen molar-refractivity contribution in [2.75, 3.05) is 6.54 Å². The van der Waals surface area contributed by atoms with Gasteiger partial charge in [0.25, 0.3) is 10.2 Å². The van der Waals surface area contributed by atoms with Crippen LogP contribution in [0.5, 0.6) is 0 Å². The predicted octanol–water partition coefficient (Wildman–Crippen LogP) is -1.09. The summed E-state index contributed by atoms with van der Waals surface area (Å²) in [6, 6.07) is 0. The normalized spacial score (nSPS) is 17.8. The molecule has 5 nitrogen and oxygen atoms in total. The molecule has 0 rings (SSSR count). The predicted molar refractivity (Wildman–Crippen MR) is 44.0 cm³/mol. The molecule has 0 bridgehead atoms. The number of rotatable bonds is 4. The van der Waals surface area contributed by atoms with E-state index in [9.17, 15) is 8.42 Å². The second-order valence-electron chi connectivity index (χ2n) is 2.77. The van der Waals surface area contributed by atoms with Gasteiger partial charge in [-0.15, -0.1) is 0 Å². The summed E-state index contributed by atoms with van der Waals surface area (Å²) in [6.45, 7) is 3.78. The van der Waals surface area contributed by atoms with Crippen molar-refractivity contribution in [1.29, 1.82) is 0 Å². The smallest absolute Gasteiger partial charge is 0.274 e. The fraction of sp³-hybridized carbons (Fsp3) is 1.00. The Hall–Kier alpha value is -0.170. The minimum Gasteiger partial charge on any atom is -0.329 e. The first-order chi connectivity index (χ1) is 4.83. The summed E-state index contributed by atoms with van der Waals surface area (Å²) in [6.07, 6.45) is 0.611. The molecule has 5 N–H and O–H groups in total. The van der Waals surface area contributed by atoms with E-state index in [4.69, 9.17) is 10.9 Å². The molecule has 0 spiro atoms. The van der Waals surface area contributed by atoms with Gasteiger partial charge in [-0.05, 0) is 13.3 Å². The van der Waals surface area contributed by atoms with Crippen molar-refractivity contribution in [1.82, 2.24) is 4.72 Å². The summed E-state index contributed by atoms with van der Waals surface area (Å²) in [4.78, 5) is 0. The molecule has 0 aliphatic heterocycles. The van der Waals surface area contributed by atoms with Gasteiger partial charge in [0.15, 0.2) is 0 Å². The highest BCUT2D eigenvalue weighted by atomic mass is 32.2. The van der Waals surface area contributed by atoms with Crippen LogP contribution in [0.25, 0.3) is 0 Å². The zero-order chi connectivity index (χ0) is 9.12. The molecule has 1 atom stereocenters. The topological polar surface area (TPSA) is 98.2 Å². The van der Waals surface area contributed by atoms with E-state index in [1.54, 1.807) is 6.92 Å². The minimum absolute atomic E-state index is 0.236. The third-order valence-corrected chi connectivity index (χ3v) is 2.40. The van der Waals surface area contributed by atoms with E-state index >= 15 is 0 Å². The molecule has 68 valence electrons. The lowest BCUT2D eigenvalue weighted by Gasteiger charge is -2.25. The van der Waals surface area contributed by atoms with Crippen molar-refractivity contribution in [3.63, 3.8) is 0 Å². The van der Waals surface area contributed by atoms with Gasteiger partial charge >= 0.3 is 0 Å². The van der Waals surface area contributed by atoms with E-state index in [0.717, 1.165) is 0 Å². The Balaban J connectivity index is 4.32. The number of nitrogens with one attached hydrogen (secondary N) is 1. The van der Waals surface area contributed by atoms with Gasteiger partial charge < -0.3 is 5.73 Å². The number of nitrogens with two attached hydrogens (primary N) is 2. The summed E-state index contributed by atoms with van der Waals surface area (Å²) >= 11 is 0. The van der Waals surface area contributed by atoms with Crippen LogP contribution in [-0.4, -0.2) is 20.5 Å². The molecule has 0 fully saturated rings. The largest absolute Gasteiger partial charge is 0.329 e. The van der Waals surface area contributed by atoms with E-state index in [1.165, 1.54) is 0 Å². The molecule has 0 aliphatic rings. The summed E-state index contributed by atoms with van der Waals surface area (Å²) in [5, 5.41) is 4.78. The SMILES string of the molecule is CCC(C)(CN)NS(N)(=O)=O. The molecule has 0 amide bonds. The van der Waals surface area contributed by atoms with Gasteiger partial charge in [0, 0.05) is 12.1 Å². The van der Waals surface area contributed by atoms with Crippen LogP contribution in [0.3, 0.4) is 0 Å². The van der Waals surface area contributed by atoms with Crippen molar-refractivity contribution >= 4 is 10.2 Å². The lowest BCUT2D eigenvalue weighted by molar-refractivity contribution is 0.411. The Morgan fingerprint density at radius 2 is 2.00 bits per heavy atom. The van der Waals surface area contributed by atoms with E-state index < -0.39 is 15.7 Å². The van der Waals surface area contributed by atoms with Gasteiger partial charge in [0.1, 0.15) is 0 Å². The molecule has 0 radical (unpaired) electrons. The zero-order valence-corrected chi connectivity index (χ0v) is 7.61. The monoisotopic (exact) mass is 181 g/mol. The van der Waals surface area contributed by atoms with Crippen LogP contribution in [0.4, 0.5) is 0 Å². The quantitative estimate of drug-likeness (QED) is 0.513. The highest BCUT2D eigenvalue weighted by Gasteiger charge is 2.23. The van der Waals surface area contributed by atoms with Crippen LogP contribution in [0.2, 0.25) is 0 Å². The first kappa shape index (κ1) is 10.8. The van der Waals surface area contributed by atoms with Crippen molar-refractivity contribution in [2.45, 2.75) is 25.8 Å². The van der Waals surface area contributed by atoms with Gasteiger partial charge in [-0.3, -0.25) is 0 Å². The highest BCUT2D eigenvalue weighted by molar-refractivity contribution is 7.87. The Bertz CT molecular complexity index is 208. The van der Waals surface area contributed by atoms with E-state index in [2.05, 4.69) is 4.72 Å². The summed E-state index contributed by atoms with van der Waals surface area (Å²) < 4.78 is 23.4. The van der Waals surface area contributed by atoms with Gasteiger partial charge in [-0.2, -0.15) is 13.1 Å². The van der Waals surface area contributed by atoms with Gasteiger partial charge in [-0.1, -0.05) is 6.92 Å². The average Bonchev–Trinajstić information content (AvgIpc) is 1.84. The Kier molecular flexibility index (Phi) is 3.43. The third-order valence-electron chi connectivity index (χ3n) is 1.62. The molecule has 0 aromatic carbocycles. The summed E-state index contributed by atoms with van der Waals surface area (Å²) in [7, 11) is -3.64. The molecule has 0 aromatic heterocycles. The fourth-order valence-corrected chi connectivity index (χ4v) is 1.52. The fourth-order valence-electron chi connectivity index (χ4n) is 0.602. The van der Waals surface area contributed by atoms with Crippen LogP contribution in [-0.2, 0) is 10.2 Å². The molecule has 11 heavy (non-hydrogen) atoms. The van der Waals surface area contributed by atoms with Crippen LogP contribution in [0.15, 0.2) is 0 Å². The molecule has 0 saturated carbocycles. The van der Waals surface area contributed by atoms with E-state index in [1.807, 2.05) is 6.92 Å². The molecule has 0 aliphatic carbocycles. The van der Waals surface area contributed by atoms with E-state index in [0.29, 0.717) is 6.42 Å². The minimum atomic E-state index is -3.64. The Morgan fingerprint density at radius 3 is 2.09 bits per heavy atom. The van der Waals surface area contributed by atoms with Gasteiger partial charge in [0.05, 0.1) is 0 Å². The lowest BCUT2D eigenvalue weighted by atomic mass is 10.0. The van der Waals surface area contributed by atoms with Crippen LogP contribution in [0.1, 0.15) is 20.3 Å². The van der Waals surface area contributed by atoms with Crippen LogP contribution < -0.4 is 15.6 Å². The summed E-state index contributed by atoms with van der Waals surface area (Å²) in [5.74, 6) is 0. The molecule has 0 aromatic rings. The molecule has 1 unspecified atom stereocenters. The molecule has 0 heterocycles. The molecular weight excluding hydrogens is 166 g/mol. The first-order valence-electron chi connectivity index (χ1n) is 3.35. The molecule has 0 saturated heterocycles. The number of hydrogen-bond donors (Lipinski definition) is 3. The van der Waals surface area contributed by atoms with Crippen molar-refractivity contribution < 1.29 is 8.42 Å². The standard InChI is InChI=1S/C5H15N3O2S/c1-3-5(2,4-6)8-11(7,9)10/h8H,3-4,6H2,1-2H3,(H2,7,9,10). The summed E-state index contributed by atoms with van der Waals surface area (Å²) in [5.41, 5.74) is 4.72. The lowest BCUT2D eigenvalue weighted by Crippen LogP contribution is -2.52. The zero-order valence-electron chi connectivity index (χ0n) is 6.79. The van der Waals surface area contributed by atoms with Crippen LogP contribution >= 0.6 is 0 Å². The second kappa shape index (κ2) is 3.48. The third kappa shape index (κ3) is 4.31. The maximum absolute atomic E-state index is 10.6. The molecule has 6 heteroatoms. The van der Waals surface area contributed by atoms with Crippen molar-refractivity contribution in [3.8, 4) is 0 Å². The molecular formula is C5H15N3O2S. The maximum Gasteiger partial charge on any atom is 0.274 e. The maximum atomic E-state index is 10.6. The van der Waals surface area contributed by atoms with Crippen molar-refractivity contribution in [2.24, 2.45) is 10.9 Å². The highest BCUT2D eigenvalue weighted by Crippen LogP contribution is 2.06. The van der Waals surface area contributed by atoms with Gasteiger partial charge in [0.2, 0.25) is 0 Å². The Morgan fingerprint density at radius 1 is 1.55 bits per heavy atom. The second-order valence-corrected chi connectivity index (χ2v) is 4.06. The van der Waals surface area contributed by atoms with Crippen molar-refractivity contribution in [3.05, 3.63) is 0 Å². The van der Waals surface area contributed by atoms with E-state index in [-0.39, 0.29) is 6.54 Å².